The van der Waals surface area contributed by atoms with Crippen molar-refractivity contribution in [3.63, 3.8) is 0 Å². The number of anilines is 1. The average Bonchev–Trinajstić information content (AvgIpc) is 2.84. The van der Waals surface area contributed by atoms with E-state index in [1.54, 1.807) is 24.3 Å². The Morgan fingerprint density at radius 3 is 2.30 bits per heavy atom. The first-order valence-electron chi connectivity index (χ1n) is 10.5. The Balaban J connectivity index is 1.55. The van der Waals surface area contributed by atoms with Crippen LogP contribution in [0.15, 0.2) is 84.4 Å². The normalized spacial score (nSPS) is 11.7. The summed E-state index contributed by atoms with van der Waals surface area (Å²) >= 11 is 0. The zero-order chi connectivity index (χ0) is 23.6. The fourth-order valence-corrected chi connectivity index (χ4v) is 3.06. The van der Waals surface area contributed by atoms with Crippen LogP contribution in [0, 0.1) is 18.3 Å². The molecule has 0 saturated carbocycles. The van der Waals surface area contributed by atoms with E-state index in [2.05, 4.69) is 10.6 Å². The largest absolute Gasteiger partial charge is 0.484 e. The molecule has 0 aliphatic rings. The molecule has 0 heterocycles. The van der Waals surface area contributed by atoms with E-state index in [-0.39, 0.29) is 24.1 Å². The minimum atomic E-state index is -0.443. The zero-order valence-corrected chi connectivity index (χ0v) is 18.5. The summed E-state index contributed by atoms with van der Waals surface area (Å²) in [5, 5.41) is 15.0. The molecule has 0 spiro atoms. The van der Waals surface area contributed by atoms with E-state index < -0.39 is 5.91 Å². The topological polar surface area (TPSA) is 91.2 Å². The standard InChI is InChI=1S/C27H25N3O3/c1-19-8-12-24(13-9-19)30-26(31)18-33-25-14-10-21(11-15-25)16-23(17-28)27(32)29-20(2)22-6-4-3-5-7-22/h3-16,20H,18H2,1-2H3,(H,29,32)(H,30,31)/b23-16+/t20-/m0/s1. The van der Waals surface area contributed by atoms with Gasteiger partial charge in [-0.3, -0.25) is 9.59 Å². The summed E-state index contributed by atoms with van der Waals surface area (Å²) in [6.07, 6.45) is 1.51. The number of hydrogen-bond donors (Lipinski definition) is 2. The quantitative estimate of drug-likeness (QED) is 0.390. The third-order valence-corrected chi connectivity index (χ3v) is 4.91. The van der Waals surface area contributed by atoms with Crippen LogP contribution in [0.4, 0.5) is 5.69 Å². The van der Waals surface area contributed by atoms with Crippen molar-refractivity contribution < 1.29 is 14.3 Å². The highest BCUT2D eigenvalue weighted by atomic mass is 16.5. The Morgan fingerprint density at radius 1 is 1.00 bits per heavy atom. The second-order valence-electron chi connectivity index (χ2n) is 7.55. The van der Waals surface area contributed by atoms with Gasteiger partial charge >= 0.3 is 0 Å². The first-order valence-corrected chi connectivity index (χ1v) is 10.5. The molecule has 6 nitrogen and oxygen atoms in total. The Bertz CT molecular complexity index is 1160. The Morgan fingerprint density at radius 2 is 1.67 bits per heavy atom. The Kier molecular flexibility index (Phi) is 7.98. The summed E-state index contributed by atoms with van der Waals surface area (Å²) in [7, 11) is 0. The number of hydrogen-bond acceptors (Lipinski definition) is 4. The number of nitrogens with one attached hydrogen (secondary N) is 2. The first-order chi connectivity index (χ1) is 15.9. The summed E-state index contributed by atoms with van der Waals surface area (Å²) in [6, 6.07) is 25.6. The molecule has 2 amide bonds. The van der Waals surface area contributed by atoms with E-state index in [0.29, 0.717) is 17.0 Å². The maximum absolute atomic E-state index is 12.5. The van der Waals surface area contributed by atoms with Gasteiger partial charge in [-0.1, -0.05) is 60.2 Å². The van der Waals surface area contributed by atoms with E-state index in [1.165, 1.54) is 6.08 Å². The van der Waals surface area contributed by atoms with Gasteiger partial charge in [-0.25, -0.2) is 0 Å². The second-order valence-corrected chi connectivity index (χ2v) is 7.55. The number of benzene rings is 3. The molecule has 0 aliphatic heterocycles. The highest BCUT2D eigenvalue weighted by molar-refractivity contribution is 6.01. The van der Waals surface area contributed by atoms with Gasteiger partial charge in [0, 0.05) is 5.69 Å². The minimum absolute atomic E-state index is 0.00363. The van der Waals surface area contributed by atoms with Gasteiger partial charge in [-0.2, -0.15) is 5.26 Å². The number of carbonyl (C=O) groups excluding carboxylic acids is 2. The Labute approximate surface area is 193 Å². The lowest BCUT2D eigenvalue weighted by atomic mass is 10.1. The lowest BCUT2D eigenvalue weighted by Crippen LogP contribution is -2.27. The fraction of sp³-hybridized carbons (Fsp3) is 0.148. The molecule has 3 aromatic carbocycles. The van der Waals surface area contributed by atoms with Crippen LogP contribution in [0.3, 0.4) is 0 Å². The van der Waals surface area contributed by atoms with Crippen molar-refractivity contribution in [1.82, 2.24) is 5.32 Å². The van der Waals surface area contributed by atoms with Crippen molar-refractivity contribution in [3.05, 3.63) is 101 Å². The van der Waals surface area contributed by atoms with Gasteiger partial charge in [-0.05, 0) is 55.3 Å². The summed E-state index contributed by atoms with van der Waals surface area (Å²) in [4.78, 5) is 24.6. The van der Waals surface area contributed by atoms with Crippen molar-refractivity contribution in [2.24, 2.45) is 0 Å². The number of nitrogens with zero attached hydrogens (tertiary/aromatic N) is 1. The molecule has 166 valence electrons. The van der Waals surface area contributed by atoms with E-state index in [0.717, 1.165) is 11.1 Å². The molecule has 3 rings (SSSR count). The maximum Gasteiger partial charge on any atom is 0.262 e. The molecule has 0 radical (unpaired) electrons. The fourth-order valence-electron chi connectivity index (χ4n) is 3.06. The van der Waals surface area contributed by atoms with Gasteiger partial charge in [0.05, 0.1) is 6.04 Å². The Hall–Kier alpha value is -4.37. The molecule has 0 saturated heterocycles. The number of rotatable bonds is 8. The van der Waals surface area contributed by atoms with Gasteiger partial charge in [-0.15, -0.1) is 0 Å². The smallest absolute Gasteiger partial charge is 0.262 e. The number of nitriles is 1. The van der Waals surface area contributed by atoms with Gasteiger partial charge in [0.25, 0.3) is 11.8 Å². The minimum Gasteiger partial charge on any atom is -0.484 e. The van der Waals surface area contributed by atoms with E-state index in [1.807, 2.05) is 74.5 Å². The summed E-state index contributed by atoms with van der Waals surface area (Å²) in [6.45, 7) is 3.71. The van der Waals surface area contributed by atoms with Crippen LogP contribution in [-0.4, -0.2) is 18.4 Å². The second kappa shape index (κ2) is 11.3. The predicted molar refractivity (Wildman–Crippen MR) is 128 cm³/mol. The van der Waals surface area contributed by atoms with Crippen molar-refractivity contribution in [3.8, 4) is 11.8 Å². The van der Waals surface area contributed by atoms with Gasteiger partial charge in [0.2, 0.25) is 0 Å². The number of ether oxygens (including phenoxy) is 1. The summed E-state index contributed by atoms with van der Waals surface area (Å²) in [5.74, 6) is -0.201. The van der Waals surface area contributed by atoms with Crippen LogP contribution in [-0.2, 0) is 9.59 Å². The zero-order valence-electron chi connectivity index (χ0n) is 18.5. The predicted octanol–water partition coefficient (Wildman–Crippen LogP) is 4.80. The van der Waals surface area contributed by atoms with Crippen molar-refractivity contribution in [1.29, 1.82) is 5.26 Å². The molecule has 0 aromatic heterocycles. The van der Waals surface area contributed by atoms with Gasteiger partial charge in [0.1, 0.15) is 17.4 Å². The SMILES string of the molecule is Cc1ccc(NC(=O)COc2ccc(/C=C(\C#N)C(=O)N[C@@H](C)c3ccccc3)cc2)cc1. The highest BCUT2D eigenvalue weighted by Gasteiger charge is 2.13. The maximum atomic E-state index is 12.5. The van der Waals surface area contributed by atoms with Crippen LogP contribution in [0.1, 0.15) is 29.7 Å². The summed E-state index contributed by atoms with van der Waals surface area (Å²) < 4.78 is 5.52. The molecule has 0 unspecified atom stereocenters. The number of carbonyl (C=O) groups is 2. The lowest BCUT2D eigenvalue weighted by Gasteiger charge is -2.13. The van der Waals surface area contributed by atoms with E-state index in [4.69, 9.17) is 4.74 Å². The first kappa shape index (κ1) is 23.3. The third-order valence-electron chi connectivity index (χ3n) is 4.91. The molecule has 0 bridgehead atoms. The molecule has 1 atom stereocenters. The van der Waals surface area contributed by atoms with E-state index >= 15 is 0 Å². The van der Waals surface area contributed by atoms with E-state index in [9.17, 15) is 14.9 Å². The lowest BCUT2D eigenvalue weighted by molar-refractivity contribution is -0.118. The number of aryl methyl sites for hydroxylation is 1. The molecule has 6 heteroatoms. The van der Waals surface area contributed by atoms with Crippen LogP contribution in [0.5, 0.6) is 5.75 Å². The van der Waals surface area contributed by atoms with Gasteiger partial charge < -0.3 is 15.4 Å². The van der Waals surface area contributed by atoms with Crippen LogP contribution in [0.2, 0.25) is 0 Å². The molecular formula is C27H25N3O3. The van der Waals surface area contributed by atoms with Gasteiger partial charge in [0.15, 0.2) is 6.61 Å². The molecule has 0 aliphatic carbocycles. The van der Waals surface area contributed by atoms with Crippen LogP contribution < -0.4 is 15.4 Å². The molecule has 3 aromatic rings. The van der Waals surface area contributed by atoms with Crippen molar-refractivity contribution in [2.75, 3.05) is 11.9 Å². The monoisotopic (exact) mass is 439 g/mol. The van der Waals surface area contributed by atoms with Crippen molar-refractivity contribution in [2.45, 2.75) is 19.9 Å². The average molecular weight is 440 g/mol. The molecular weight excluding hydrogens is 414 g/mol. The molecule has 2 N–H and O–H groups in total. The van der Waals surface area contributed by atoms with Crippen LogP contribution in [0.25, 0.3) is 6.08 Å². The van der Waals surface area contributed by atoms with Crippen LogP contribution >= 0.6 is 0 Å². The van der Waals surface area contributed by atoms with Crippen molar-refractivity contribution >= 4 is 23.6 Å². The number of amides is 2. The molecule has 33 heavy (non-hydrogen) atoms. The summed E-state index contributed by atoms with van der Waals surface area (Å²) in [5.41, 5.74) is 3.45. The third kappa shape index (κ3) is 7.08. The molecule has 0 fully saturated rings. The highest BCUT2D eigenvalue weighted by Crippen LogP contribution is 2.16.